The molecule has 0 aliphatic carbocycles. The number of halogens is 4. The zero-order valence-electron chi connectivity index (χ0n) is 35.3. The average Bonchev–Trinajstić information content (AvgIpc) is 3.28. The van der Waals surface area contributed by atoms with Crippen LogP contribution in [0.25, 0.3) is 11.1 Å². The molecule has 0 unspecified atom stereocenters. The van der Waals surface area contributed by atoms with Gasteiger partial charge in [0.2, 0.25) is 0 Å². The zero-order chi connectivity index (χ0) is 44.8. The van der Waals surface area contributed by atoms with E-state index in [0.717, 1.165) is 66.6 Å². The number of anilines is 2. The zero-order valence-corrected chi connectivity index (χ0v) is 37.7. The highest BCUT2D eigenvalue weighted by Crippen LogP contribution is 2.37. The molecule has 0 saturated carbocycles. The van der Waals surface area contributed by atoms with Crippen molar-refractivity contribution in [3.05, 3.63) is 143 Å². The van der Waals surface area contributed by atoms with E-state index >= 15 is 0 Å². The molecule has 1 amide bonds. The fourth-order valence-electron chi connectivity index (χ4n) is 7.33. The van der Waals surface area contributed by atoms with Gasteiger partial charge in [-0.3, -0.25) is 14.6 Å². The molecule has 5 aromatic rings. The first-order valence-corrected chi connectivity index (χ1v) is 23.5. The van der Waals surface area contributed by atoms with Gasteiger partial charge in [-0.15, -0.1) is 11.8 Å². The molecule has 5 aromatic carbocycles. The minimum absolute atomic E-state index is 0.0536. The molecule has 1 aliphatic rings. The quantitative estimate of drug-likeness (QED) is 0.0694. The predicted molar refractivity (Wildman–Crippen MR) is 246 cm³/mol. The van der Waals surface area contributed by atoms with Crippen molar-refractivity contribution in [3.8, 4) is 11.1 Å². The van der Waals surface area contributed by atoms with E-state index in [9.17, 15) is 26.4 Å². The van der Waals surface area contributed by atoms with Crippen LogP contribution in [0.5, 0.6) is 0 Å². The number of carbonyl (C=O) groups is 1. The van der Waals surface area contributed by atoms with Gasteiger partial charge >= 0.3 is 6.18 Å². The Kier molecular flexibility index (Phi) is 17.3. The fraction of sp³-hybridized carbons (Fsp3) is 0.340. The topological polar surface area (TPSA) is 103 Å². The van der Waals surface area contributed by atoms with Gasteiger partial charge in [0.25, 0.3) is 15.9 Å². The molecule has 1 heterocycles. The molecule has 63 heavy (non-hydrogen) atoms. The lowest BCUT2D eigenvalue weighted by molar-refractivity contribution is -0.137. The summed E-state index contributed by atoms with van der Waals surface area (Å²) in [6, 6.07) is 34.5. The molecule has 1 fully saturated rings. The second kappa shape index (κ2) is 22.8. The molecule has 6 rings (SSSR count). The van der Waals surface area contributed by atoms with Crippen LogP contribution >= 0.6 is 23.4 Å². The van der Waals surface area contributed by atoms with Crippen LogP contribution in [0.3, 0.4) is 0 Å². The number of hydrogen-bond donors (Lipinski definition) is 2. The lowest BCUT2D eigenvalue weighted by Gasteiger charge is -2.36. The Hall–Kier alpha value is -4.61. The molecule has 2 N–H and O–H groups in total. The van der Waals surface area contributed by atoms with Crippen LogP contribution in [0, 0.1) is 0 Å². The van der Waals surface area contributed by atoms with Crippen LogP contribution in [0.15, 0.2) is 131 Å². The van der Waals surface area contributed by atoms with Crippen molar-refractivity contribution in [2.45, 2.75) is 35.0 Å². The SMILES string of the molecule is COCCN(CCOC)CC[C@H](CSc1ccccc1)Nc1ccc(S(=O)(=O)NC(=O)c2ccc(N3CCN(Cc4ccccc4-c4ccc(Cl)cc4)CC3)cc2)cc1C(F)(F)F. The largest absolute Gasteiger partial charge is 0.418 e. The van der Waals surface area contributed by atoms with Gasteiger partial charge in [0, 0.05) is 105 Å². The first-order chi connectivity index (χ1) is 30.3. The molecule has 1 saturated heterocycles. The van der Waals surface area contributed by atoms with E-state index in [1.807, 2.05) is 71.5 Å². The van der Waals surface area contributed by atoms with Crippen molar-refractivity contribution in [1.82, 2.24) is 14.5 Å². The number of alkyl halides is 3. The highest BCUT2D eigenvalue weighted by molar-refractivity contribution is 7.99. The number of sulfonamides is 1. The van der Waals surface area contributed by atoms with Gasteiger partial charge in [0.05, 0.1) is 23.7 Å². The van der Waals surface area contributed by atoms with Crippen LogP contribution in [-0.2, 0) is 32.2 Å². The summed E-state index contributed by atoms with van der Waals surface area (Å²) in [6.07, 6.45) is -4.42. The van der Waals surface area contributed by atoms with Gasteiger partial charge in [-0.25, -0.2) is 13.1 Å². The van der Waals surface area contributed by atoms with Gasteiger partial charge in [0.15, 0.2) is 0 Å². The lowest BCUT2D eigenvalue weighted by Crippen LogP contribution is -2.46. The number of nitrogens with one attached hydrogen (secondary N) is 2. The van der Waals surface area contributed by atoms with Crippen LogP contribution < -0.4 is 14.9 Å². The van der Waals surface area contributed by atoms with E-state index in [1.54, 1.807) is 26.4 Å². The molecular weight excluding hydrogens is 871 g/mol. The Labute approximate surface area is 377 Å². The highest BCUT2D eigenvalue weighted by atomic mass is 35.5. The third kappa shape index (κ3) is 13.9. The van der Waals surface area contributed by atoms with E-state index in [0.29, 0.717) is 56.1 Å². The summed E-state index contributed by atoms with van der Waals surface area (Å²) in [4.78, 5) is 20.2. The first-order valence-electron chi connectivity index (χ1n) is 20.7. The third-order valence-electron chi connectivity index (χ3n) is 10.8. The Morgan fingerprint density at radius 3 is 2.13 bits per heavy atom. The van der Waals surface area contributed by atoms with Gasteiger partial charge in [-0.05, 0) is 89.8 Å². The number of hydrogen-bond acceptors (Lipinski definition) is 10. The maximum atomic E-state index is 14.7. The van der Waals surface area contributed by atoms with Crippen LogP contribution in [0.2, 0.25) is 5.02 Å². The number of amides is 1. The molecule has 16 heteroatoms. The number of benzene rings is 5. The van der Waals surface area contributed by atoms with Crippen LogP contribution in [0.4, 0.5) is 24.5 Å². The van der Waals surface area contributed by atoms with E-state index < -0.39 is 38.6 Å². The van der Waals surface area contributed by atoms with Crippen molar-refractivity contribution in [2.24, 2.45) is 0 Å². The minimum atomic E-state index is -4.90. The van der Waals surface area contributed by atoms with Gasteiger partial charge in [-0.1, -0.05) is 66.2 Å². The smallest absolute Gasteiger partial charge is 0.383 e. The van der Waals surface area contributed by atoms with Crippen LogP contribution in [-0.4, -0.2) is 109 Å². The highest BCUT2D eigenvalue weighted by Gasteiger charge is 2.36. The maximum absolute atomic E-state index is 14.7. The van der Waals surface area contributed by atoms with E-state index in [4.69, 9.17) is 21.1 Å². The van der Waals surface area contributed by atoms with E-state index in [-0.39, 0.29) is 11.3 Å². The van der Waals surface area contributed by atoms with Gasteiger partial charge in [-0.2, -0.15) is 13.2 Å². The monoisotopic (exact) mass is 923 g/mol. The Bertz CT molecular complexity index is 2330. The molecule has 336 valence electrons. The number of ether oxygens (including phenoxy) is 2. The second-order valence-corrected chi connectivity index (χ2v) is 18.4. The summed E-state index contributed by atoms with van der Waals surface area (Å²) in [5, 5.41) is 3.76. The minimum Gasteiger partial charge on any atom is -0.383 e. The molecule has 1 aliphatic heterocycles. The van der Waals surface area contributed by atoms with Crippen molar-refractivity contribution >= 4 is 50.7 Å². The number of nitrogens with zero attached hydrogens (tertiary/aromatic N) is 3. The lowest BCUT2D eigenvalue weighted by atomic mass is 9.99. The number of thioether (sulfide) groups is 1. The molecule has 0 spiro atoms. The Morgan fingerprint density at radius 1 is 0.825 bits per heavy atom. The van der Waals surface area contributed by atoms with Gasteiger partial charge in [0.1, 0.15) is 0 Å². The fourth-order valence-corrected chi connectivity index (χ4v) is 9.45. The number of methoxy groups -OCH3 is 2. The van der Waals surface area contributed by atoms with Crippen molar-refractivity contribution in [1.29, 1.82) is 0 Å². The average molecular weight is 925 g/mol. The second-order valence-electron chi connectivity index (χ2n) is 15.2. The number of rotatable bonds is 21. The molecule has 0 radical (unpaired) electrons. The molecule has 1 atom stereocenters. The normalized spacial score (nSPS) is 14.2. The standard InChI is InChI=1S/C47H53ClF3N5O5S2/c1-60-30-28-54(29-31-61-2)23-22-39(34-62-41-9-4-3-5-10-41)52-45-21-20-42(32-44(45)47(49,50)51)63(58,59)53-46(57)36-14-18-40(19-15-36)56-26-24-55(25-27-56)33-37-8-6-7-11-43(37)35-12-16-38(48)17-13-35/h3-21,32,39,52H,22-31,33-34H2,1-2H3,(H,53,57)/t39-/m1/s1. The van der Waals surface area contributed by atoms with Crippen molar-refractivity contribution in [2.75, 3.05) is 89.2 Å². The van der Waals surface area contributed by atoms with Crippen molar-refractivity contribution in [3.63, 3.8) is 0 Å². The molecule has 0 bridgehead atoms. The predicted octanol–water partition coefficient (Wildman–Crippen LogP) is 9.02. The molecule has 10 nitrogen and oxygen atoms in total. The first kappa shape index (κ1) is 47.9. The summed E-state index contributed by atoms with van der Waals surface area (Å²) in [6.45, 7) is 6.63. The summed E-state index contributed by atoms with van der Waals surface area (Å²) in [5.74, 6) is -0.513. The summed E-state index contributed by atoms with van der Waals surface area (Å²) in [7, 11) is -1.48. The summed E-state index contributed by atoms with van der Waals surface area (Å²) >= 11 is 7.62. The summed E-state index contributed by atoms with van der Waals surface area (Å²) < 4.78 is 83.4. The maximum Gasteiger partial charge on any atom is 0.418 e. The van der Waals surface area contributed by atoms with E-state index in [1.165, 1.54) is 29.5 Å². The van der Waals surface area contributed by atoms with E-state index in [2.05, 4.69) is 32.1 Å². The Balaban J connectivity index is 1.09. The van der Waals surface area contributed by atoms with Crippen molar-refractivity contribution < 1.29 is 35.9 Å². The summed E-state index contributed by atoms with van der Waals surface area (Å²) in [5.41, 5.74) is 2.99. The Morgan fingerprint density at radius 2 is 1.48 bits per heavy atom. The van der Waals surface area contributed by atoms with Gasteiger partial charge < -0.3 is 19.7 Å². The third-order valence-corrected chi connectivity index (χ3v) is 13.6. The number of carbonyl (C=O) groups excluding carboxylic acids is 1. The molecular formula is C47H53ClF3N5O5S2. The van der Waals surface area contributed by atoms with Crippen LogP contribution in [0.1, 0.15) is 27.9 Å². The number of piperazine rings is 1. The molecule has 0 aromatic heterocycles.